The number of carbonyl (C=O) groups is 1. The van der Waals surface area contributed by atoms with Crippen molar-refractivity contribution < 1.29 is 9.18 Å². The van der Waals surface area contributed by atoms with Crippen LogP contribution in [0.25, 0.3) is 10.9 Å². The predicted octanol–water partition coefficient (Wildman–Crippen LogP) is 4.14. The summed E-state index contributed by atoms with van der Waals surface area (Å²) < 4.78 is 13.1. The van der Waals surface area contributed by atoms with E-state index < -0.39 is 5.82 Å². The first kappa shape index (κ1) is 13.6. The Morgan fingerprint density at radius 3 is 2.86 bits per heavy atom. The minimum absolute atomic E-state index is 0.0140. The maximum atomic E-state index is 13.1. The molecule has 0 radical (unpaired) electrons. The Hall–Kier alpha value is -2.33. The van der Waals surface area contributed by atoms with Crippen molar-refractivity contribution in [2.45, 2.75) is 6.42 Å². The highest BCUT2D eigenvalue weighted by atomic mass is 35.5. The number of aromatic amines is 1. The number of amides is 1. The van der Waals surface area contributed by atoms with Crippen molar-refractivity contribution in [1.29, 1.82) is 0 Å². The number of hydrogen-bond acceptors (Lipinski definition) is 1. The van der Waals surface area contributed by atoms with Gasteiger partial charge >= 0.3 is 0 Å². The third-order valence-corrected chi connectivity index (χ3v) is 3.52. The van der Waals surface area contributed by atoms with Crippen LogP contribution in [0.4, 0.5) is 10.1 Å². The minimum atomic E-state index is -0.508. The van der Waals surface area contributed by atoms with Crippen molar-refractivity contribution in [2.75, 3.05) is 5.32 Å². The van der Waals surface area contributed by atoms with Crippen molar-refractivity contribution in [3.05, 3.63) is 65.1 Å². The number of benzene rings is 2. The molecule has 3 aromatic rings. The van der Waals surface area contributed by atoms with Crippen LogP contribution in [0, 0.1) is 5.82 Å². The molecule has 1 aromatic heterocycles. The van der Waals surface area contributed by atoms with E-state index in [2.05, 4.69) is 10.3 Å². The van der Waals surface area contributed by atoms with Crippen molar-refractivity contribution in [1.82, 2.24) is 4.98 Å². The Labute approximate surface area is 125 Å². The molecule has 2 aromatic carbocycles. The molecule has 0 atom stereocenters. The summed E-state index contributed by atoms with van der Waals surface area (Å²) in [6, 6.07) is 11.9. The quantitative estimate of drug-likeness (QED) is 0.750. The van der Waals surface area contributed by atoms with Gasteiger partial charge in [-0.25, -0.2) is 4.39 Å². The molecule has 3 nitrogen and oxygen atoms in total. The summed E-state index contributed by atoms with van der Waals surface area (Å²) in [5, 5.41) is 3.71. The molecule has 0 saturated heterocycles. The Morgan fingerprint density at radius 1 is 1.24 bits per heavy atom. The summed E-state index contributed by atoms with van der Waals surface area (Å²) in [5.41, 5.74) is 2.38. The van der Waals surface area contributed by atoms with E-state index in [9.17, 15) is 9.18 Å². The van der Waals surface area contributed by atoms with E-state index in [0.29, 0.717) is 5.69 Å². The smallest absolute Gasteiger partial charge is 0.228 e. The number of halogens is 2. The summed E-state index contributed by atoms with van der Waals surface area (Å²) in [6.45, 7) is 0. The van der Waals surface area contributed by atoms with Crippen LogP contribution in [-0.2, 0) is 11.2 Å². The van der Waals surface area contributed by atoms with Crippen LogP contribution >= 0.6 is 11.6 Å². The average molecular weight is 303 g/mol. The number of carbonyl (C=O) groups excluding carboxylic acids is 1. The molecular weight excluding hydrogens is 291 g/mol. The molecule has 0 aliphatic rings. The molecule has 2 N–H and O–H groups in total. The van der Waals surface area contributed by atoms with E-state index in [1.54, 1.807) is 0 Å². The van der Waals surface area contributed by atoms with Crippen LogP contribution in [0.3, 0.4) is 0 Å². The number of hydrogen-bond donors (Lipinski definition) is 2. The van der Waals surface area contributed by atoms with E-state index in [1.165, 1.54) is 18.2 Å². The second kappa shape index (κ2) is 5.58. The number of fused-ring (bicyclic) bond motifs is 1. The van der Waals surface area contributed by atoms with Crippen LogP contribution in [-0.4, -0.2) is 10.9 Å². The number of H-pyrrole nitrogens is 1. The summed E-state index contributed by atoms with van der Waals surface area (Å²) in [6.07, 6.45) is 2.06. The van der Waals surface area contributed by atoms with Crippen molar-refractivity contribution in [3.8, 4) is 0 Å². The highest BCUT2D eigenvalue weighted by molar-refractivity contribution is 6.31. The zero-order chi connectivity index (χ0) is 14.8. The van der Waals surface area contributed by atoms with E-state index >= 15 is 0 Å². The lowest BCUT2D eigenvalue weighted by atomic mass is 10.1. The van der Waals surface area contributed by atoms with Gasteiger partial charge in [-0.15, -0.1) is 0 Å². The second-order valence-electron chi connectivity index (χ2n) is 4.71. The summed E-state index contributed by atoms with van der Waals surface area (Å²) in [4.78, 5) is 15.2. The molecule has 106 valence electrons. The summed E-state index contributed by atoms with van der Waals surface area (Å²) >= 11 is 5.69. The Balaban J connectivity index is 1.75. The Morgan fingerprint density at radius 2 is 2.05 bits per heavy atom. The van der Waals surface area contributed by atoms with E-state index in [4.69, 9.17) is 11.6 Å². The fourth-order valence-electron chi connectivity index (χ4n) is 2.23. The van der Waals surface area contributed by atoms with Gasteiger partial charge in [0.25, 0.3) is 0 Å². The van der Waals surface area contributed by atoms with Crippen LogP contribution < -0.4 is 5.32 Å². The number of aromatic nitrogens is 1. The van der Waals surface area contributed by atoms with Gasteiger partial charge in [-0.05, 0) is 29.8 Å². The highest BCUT2D eigenvalue weighted by Crippen LogP contribution is 2.21. The van der Waals surface area contributed by atoms with Gasteiger partial charge in [0.2, 0.25) is 5.91 Å². The van der Waals surface area contributed by atoms with Gasteiger partial charge in [-0.3, -0.25) is 4.79 Å². The number of para-hydroxylation sites is 1. The first-order valence-corrected chi connectivity index (χ1v) is 6.81. The molecule has 1 amide bonds. The predicted molar refractivity (Wildman–Crippen MR) is 82.0 cm³/mol. The standard InChI is InChI=1S/C16H12ClFN2O/c17-13-8-11(5-6-14(13)18)20-16(21)7-10-9-19-15-4-2-1-3-12(10)15/h1-6,8-9,19H,7H2,(H,20,21). The van der Waals surface area contributed by atoms with Crippen LogP contribution in [0.5, 0.6) is 0 Å². The first-order valence-electron chi connectivity index (χ1n) is 6.43. The van der Waals surface area contributed by atoms with Crippen molar-refractivity contribution in [3.63, 3.8) is 0 Å². The highest BCUT2D eigenvalue weighted by Gasteiger charge is 2.09. The molecule has 0 aliphatic carbocycles. The normalized spacial score (nSPS) is 10.8. The molecule has 5 heteroatoms. The van der Waals surface area contributed by atoms with Gasteiger partial charge in [0.1, 0.15) is 5.82 Å². The monoisotopic (exact) mass is 302 g/mol. The molecule has 1 heterocycles. The number of rotatable bonds is 3. The summed E-state index contributed by atoms with van der Waals surface area (Å²) in [5.74, 6) is -0.686. The van der Waals surface area contributed by atoms with Gasteiger partial charge in [0.05, 0.1) is 11.4 Å². The molecule has 0 aliphatic heterocycles. The first-order chi connectivity index (χ1) is 10.1. The topological polar surface area (TPSA) is 44.9 Å². The fraction of sp³-hybridized carbons (Fsp3) is 0.0625. The average Bonchev–Trinajstić information content (AvgIpc) is 2.86. The molecular formula is C16H12ClFN2O. The van der Waals surface area contributed by atoms with Gasteiger partial charge in [-0.1, -0.05) is 29.8 Å². The number of anilines is 1. The molecule has 21 heavy (non-hydrogen) atoms. The number of nitrogens with one attached hydrogen (secondary N) is 2. The maximum absolute atomic E-state index is 13.1. The Bertz CT molecular complexity index is 813. The molecule has 0 fully saturated rings. The lowest BCUT2D eigenvalue weighted by Crippen LogP contribution is -2.14. The SMILES string of the molecule is O=C(Cc1c[nH]c2ccccc12)Nc1ccc(F)c(Cl)c1. The van der Waals surface area contributed by atoms with E-state index in [0.717, 1.165) is 16.5 Å². The van der Waals surface area contributed by atoms with E-state index in [-0.39, 0.29) is 17.4 Å². The van der Waals surface area contributed by atoms with Gasteiger partial charge in [0, 0.05) is 22.8 Å². The molecule has 0 bridgehead atoms. The Kier molecular flexibility index (Phi) is 3.62. The van der Waals surface area contributed by atoms with Gasteiger partial charge in [-0.2, -0.15) is 0 Å². The van der Waals surface area contributed by atoms with Crippen molar-refractivity contribution >= 4 is 34.1 Å². The molecule has 0 saturated carbocycles. The molecule has 0 spiro atoms. The van der Waals surface area contributed by atoms with Crippen LogP contribution in [0.1, 0.15) is 5.56 Å². The zero-order valence-electron chi connectivity index (χ0n) is 11.0. The second-order valence-corrected chi connectivity index (χ2v) is 5.12. The summed E-state index contributed by atoms with van der Waals surface area (Å²) in [7, 11) is 0. The minimum Gasteiger partial charge on any atom is -0.361 e. The third-order valence-electron chi connectivity index (χ3n) is 3.23. The van der Waals surface area contributed by atoms with Crippen molar-refractivity contribution in [2.24, 2.45) is 0 Å². The third kappa shape index (κ3) is 2.90. The van der Waals surface area contributed by atoms with Gasteiger partial charge < -0.3 is 10.3 Å². The van der Waals surface area contributed by atoms with E-state index in [1.807, 2.05) is 30.5 Å². The fourth-order valence-corrected chi connectivity index (χ4v) is 2.41. The van der Waals surface area contributed by atoms with Gasteiger partial charge in [0.15, 0.2) is 0 Å². The van der Waals surface area contributed by atoms with Crippen LogP contribution in [0.15, 0.2) is 48.7 Å². The molecule has 3 rings (SSSR count). The van der Waals surface area contributed by atoms with Crippen LogP contribution in [0.2, 0.25) is 5.02 Å². The molecule has 0 unspecified atom stereocenters. The lowest BCUT2D eigenvalue weighted by Gasteiger charge is -2.05. The lowest BCUT2D eigenvalue weighted by molar-refractivity contribution is -0.115. The maximum Gasteiger partial charge on any atom is 0.228 e. The zero-order valence-corrected chi connectivity index (χ0v) is 11.7. The largest absolute Gasteiger partial charge is 0.361 e.